The maximum absolute atomic E-state index is 11.5. The van der Waals surface area contributed by atoms with Gasteiger partial charge in [0, 0.05) is 23.5 Å². The van der Waals surface area contributed by atoms with E-state index in [4.69, 9.17) is 0 Å². The molecule has 1 amide bonds. The standard InChI is InChI=1S/C10H17N3OS/c1-7(4-11-3)10(14)13-6-9-5-12-8(2)15-9/h5,7,11H,4,6H2,1-3H3,(H,13,14). The Morgan fingerprint density at radius 2 is 2.40 bits per heavy atom. The van der Waals surface area contributed by atoms with Crippen LogP contribution < -0.4 is 10.6 Å². The highest BCUT2D eigenvalue weighted by Gasteiger charge is 2.11. The molecule has 4 nitrogen and oxygen atoms in total. The van der Waals surface area contributed by atoms with E-state index in [0.717, 1.165) is 9.88 Å². The number of nitrogens with one attached hydrogen (secondary N) is 2. The summed E-state index contributed by atoms with van der Waals surface area (Å²) in [5.74, 6) is 0.0828. The summed E-state index contributed by atoms with van der Waals surface area (Å²) in [5, 5.41) is 6.90. The number of aryl methyl sites for hydroxylation is 1. The molecule has 0 saturated heterocycles. The molecule has 0 bridgehead atoms. The zero-order valence-corrected chi connectivity index (χ0v) is 10.1. The second-order valence-corrected chi connectivity index (χ2v) is 4.84. The fraction of sp³-hybridized carbons (Fsp3) is 0.600. The Bertz CT molecular complexity index is 324. The quantitative estimate of drug-likeness (QED) is 0.786. The first-order valence-electron chi connectivity index (χ1n) is 4.97. The molecule has 15 heavy (non-hydrogen) atoms. The Labute approximate surface area is 94.1 Å². The Balaban J connectivity index is 2.34. The summed E-state index contributed by atoms with van der Waals surface area (Å²) in [5.41, 5.74) is 0. The fourth-order valence-corrected chi connectivity index (χ4v) is 1.97. The van der Waals surface area contributed by atoms with E-state index in [9.17, 15) is 4.79 Å². The number of carbonyl (C=O) groups excluding carboxylic acids is 1. The van der Waals surface area contributed by atoms with Gasteiger partial charge in [-0.2, -0.15) is 0 Å². The lowest BCUT2D eigenvalue weighted by Crippen LogP contribution is -2.33. The summed E-state index contributed by atoms with van der Waals surface area (Å²) >= 11 is 1.61. The second kappa shape index (κ2) is 5.82. The van der Waals surface area contributed by atoms with E-state index in [1.54, 1.807) is 11.3 Å². The van der Waals surface area contributed by atoms with Gasteiger partial charge in [0.05, 0.1) is 11.6 Å². The van der Waals surface area contributed by atoms with Crippen molar-refractivity contribution in [2.45, 2.75) is 20.4 Å². The number of hydrogen-bond donors (Lipinski definition) is 2. The van der Waals surface area contributed by atoms with Crippen LogP contribution in [-0.4, -0.2) is 24.5 Å². The van der Waals surface area contributed by atoms with Gasteiger partial charge in [0.25, 0.3) is 0 Å². The van der Waals surface area contributed by atoms with Crippen molar-refractivity contribution in [3.8, 4) is 0 Å². The summed E-state index contributed by atoms with van der Waals surface area (Å²) in [6, 6.07) is 0. The Hall–Kier alpha value is -0.940. The molecule has 84 valence electrons. The van der Waals surface area contributed by atoms with Gasteiger partial charge in [-0.05, 0) is 14.0 Å². The summed E-state index contributed by atoms with van der Waals surface area (Å²) in [7, 11) is 1.84. The van der Waals surface area contributed by atoms with E-state index in [-0.39, 0.29) is 11.8 Å². The van der Waals surface area contributed by atoms with Crippen LogP contribution >= 0.6 is 11.3 Å². The van der Waals surface area contributed by atoms with Crippen LogP contribution in [-0.2, 0) is 11.3 Å². The highest BCUT2D eigenvalue weighted by Crippen LogP contribution is 2.10. The Morgan fingerprint density at radius 1 is 1.67 bits per heavy atom. The predicted octanol–water partition coefficient (Wildman–Crippen LogP) is 0.923. The number of rotatable bonds is 5. The maximum Gasteiger partial charge on any atom is 0.224 e. The highest BCUT2D eigenvalue weighted by molar-refractivity contribution is 7.11. The summed E-state index contributed by atoms with van der Waals surface area (Å²) in [6.07, 6.45) is 1.81. The zero-order chi connectivity index (χ0) is 11.3. The zero-order valence-electron chi connectivity index (χ0n) is 9.33. The van der Waals surface area contributed by atoms with Crippen molar-refractivity contribution in [3.63, 3.8) is 0 Å². The van der Waals surface area contributed by atoms with Gasteiger partial charge >= 0.3 is 0 Å². The molecular formula is C10H17N3OS. The van der Waals surface area contributed by atoms with E-state index in [1.165, 1.54) is 0 Å². The molecule has 0 aliphatic rings. The van der Waals surface area contributed by atoms with Crippen molar-refractivity contribution in [3.05, 3.63) is 16.1 Å². The third kappa shape index (κ3) is 3.97. The van der Waals surface area contributed by atoms with Gasteiger partial charge in [0.2, 0.25) is 5.91 Å². The van der Waals surface area contributed by atoms with Crippen LogP contribution in [0.15, 0.2) is 6.20 Å². The molecule has 0 aromatic carbocycles. The van der Waals surface area contributed by atoms with Crippen molar-refractivity contribution in [2.75, 3.05) is 13.6 Å². The van der Waals surface area contributed by atoms with E-state index >= 15 is 0 Å². The van der Waals surface area contributed by atoms with Crippen molar-refractivity contribution in [2.24, 2.45) is 5.92 Å². The number of aromatic nitrogens is 1. The monoisotopic (exact) mass is 227 g/mol. The van der Waals surface area contributed by atoms with Gasteiger partial charge in [-0.1, -0.05) is 6.92 Å². The molecule has 1 aromatic rings. The average Bonchev–Trinajstić information content (AvgIpc) is 2.61. The normalized spacial score (nSPS) is 12.5. The topological polar surface area (TPSA) is 54.0 Å². The van der Waals surface area contributed by atoms with Crippen LogP contribution in [0.3, 0.4) is 0 Å². The van der Waals surface area contributed by atoms with Crippen molar-refractivity contribution >= 4 is 17.2 Å². The first kappa shape index (κ1) is 12.1. The van der Waals surface area contributed by atoms with Gasteiger partial charge < -0.3 is 10.6 Å². The molecule has 0 fully saturated rings. The molecule has 1 rings (SSSR count). The minimum Gasteiger partial charge on any atom is -0.351 e. The number of amides is 1. The van der Waals surface area contributed by atoms with Crippen molar-refractivity contribution in [1.82, 2.24) is 15.6 Å². The molecule has 1 unspecified atom stereocenters. The van der Waals surface area contributed by atoms with E-state index < -0.39 is 0 Å². The molecule has 0 radical (unpaired) electrons. The van der Waals surface area contributed by atoms with Crippen molar-refractivity contribution < 1.29 is 4.79 Å². The van der Waals surface area contributed by atoms with Crippen LogP contribution in [0.25, 0.3) is 0 Å². The molecule has 0 saturated carbocycles. The lowest BCUT2D eigenvalue weighted by molar-refractivity contribution is -0.124. The van der Waals surface area contributed by atoms with Gasteiger partial charge in [-0.3, -0.25) is 4.79 Å². The van der Waals surface area contributed by atoms with Crippen LogP contribution in [0.4, 0.5) is 0 Å². The molecular weight excluding hydrogens is 210 g/mol. The first-order valence-corrected chi connectivity index (χ1v) is 5.78. The van der Waals surface area contributed by atoms with Crippen LogP contribution in [0.5, 0.6) is 0 Å². The molecule has 2 N–H and O–H groups in total. The summed E-state index contributed by atoms with van der Waals surface area (Å²) in [4.78, 5) is 16.8. The number of carbonyl (C=O) groups is 1. The van der Waals surface area contributed by atoms with E-state index in [1.807, 2.05) is 27.1 Å². The molecule has 5 heteroatoms. The third-order valence-corrected chi connectivity index (χ3v) is 2.98. The van der Waals surface area contributed by atoms with Gasteiger partial charge in [-0.25, -0.2) is 4.98 Å². The lowest BCUT2D eigenvalue weighted by atomic mass is 10.1. The predicted molar refractivity (Wildman–Crippen MR) is 61.8 cm³/mol. The smallest absolute Gasteiger partial charge is 0.224 e. The third-order valence-electron chi connectivity index (χ3n) is 2.06. The summed E-state index contributed by atoms with van der Waals surface area (Å²) in [6.45, 7) is 5.15. The lowest BCUT2D eigenvalue weighted by Gasteiger charge is -2.10. The first-order chi connectivity index (χ1) is 7.13. The molecule has 1 heterocycles. The van der Waals surface area contributed by atoms with Crippen LogP contribution in [0.2, 0.25) is 0 Å². The van der Waals surface area contributed by atoms with Crippen LogP contribution in [0, 0.1) is 12.8 Å². The maximum atomic E-state index is 11.5. The molecule has 0 aliphatic carbocycles. The van der Waals surface area contributed by atoms with Crippen LogP contribution in [0.1, 0.15) is 16.8 Å². The van der Waals surface area contributed by atoms with E-state index in [2.05, 4.69) is 15.6 Å². The fourth-order valence-electron chi connectivity index (χ4n) is 1.23. The largest absolute Gasteiger partial charge is 0.351 e. The molecule has 0 spiro atoms. The number of nitrogens with zero attached hydrogens (tertiary/aromatic N) is 1. The number of thiazole rings is 1. The van der Waals surface area contributed by atoms with Gasteiger partial charge in [0.15, 0.2) is 0 Å². The van der Waals surface area contributed by atoms with Gasteiger partial charge in [-0.15, -0.1) is 11.3 Å². The second-order valence-electron chi connectivity index (χ2n) is 3.52. The summed E-state index contributed by atoms with van der Waals surface area (Å²) < 4.78 is 0. The molecule has 1 atom stereocenters. The van der Waals surface area contributed by atoms with E-state index in [0.29, 0.717) is 13.1 Å². The Morgan fingerprint density at radius 3 is 2.93 bits per heavy atom. The minimum atomic E-state index is 0.00372. The van der Waals surface area contributed by atoms with Gasteiger partial charge in [0.1, 0.15) is 0 Å². The minimum absolute atomic E-state index is 0.00372. The molecule has 0 aliphatic heterocycles. The Kier molecular flexibility index (Phi) is 4.71. The number of hydrogen-bond acceptors (Lipinski definition) is 4. The molecule has 1 aromatic heterocycles. The van der Waals surface area contributed by atoms with Crippen molar-refractivity contribution in [1.29, 1.82) is 0 Å². The highest BCUT2D eigenvalue weighted by atomic mass is 32.1. The SMILES string of the molecule is CNCC(C)C(=O)NCc1cnc(C)s1. The average molecular weight is 227 g/mol.